The van der Waals surface area contributed by atoms with Gasteiger partial charge in [0.15, 0.2) is 0 Å². The van der Waals surface area contributed by atoms with Crippen molar-refractivity contribution in [3.05, 3.63) is 24.0 Å². The lowest BCUT2D eigenvalue weighted by atomic mass is 10.2. The van der Waals surface area contributed by atoms with Crippen LogP contribution in [0.25, 0.3) is 0 Å². The Morgan fingerprint density at radius 1 is 1.62 bits per heavy atom. The van der Waals surface area contributed by atoms with Gasteiger partial charge in [-0.3, -0.25) is 9.78 Å². The number of hydrogen-bond acceptors (Lipinski definition) is 3. The number of carbonyl (C=O) groups is 1. The van der Waals surface area contributed by atoms with Crippen molar-refractivity contribution in [2.45, 2.75) is 6.92 Å². The maximum absolute atomic E-state index is 11.4. The van der Waals surface area contributed by atoms with Crippen LogP contribution in [-0.4, -0.2) is 24.5 Å². The summed E-state index contributed by atoms with van der Waals surface area (Å²) in [5.41, 5.74) is 1.37. The van der Waals surface area contributed by atoms with Crippen molar-refractivity contribution >= 4 is 11.6 Å². The average molecular weight is 179 g/mol. The first kappa shape index (κ1) is 9.51. The summed E-state index contributed by atoms with van der Waals surface area (Å²) in [4.78, 5) is 15.4. The Hall–Kier alpha value is -1.58. The van der Waals surface area contributed by atoms with Gasteiger partial charge in [-0.2, -0.15) is 0 Å². The molecule has 13 heavy (non-hydrogen) atoms. The molecule has 0 unspecified atom stereocenters. The molecule has 1 heterocycles. The molecule has 70 valence electrons. The van der Waals surface area contributed by atoms with Crippen molar-refractivity contribution in [1.82, 2.24) is 10.3 Å². The standard InChI is InChI=1S/C9H13N3O/c1-3-12-9(13)7-4-5-11-6-8(7)10-2/h4-6,10H,3H2,1-2H3,(H,12,13). The van der Waals surface area contributed by atoms with Gasteiger partial charge in [0.05, 0.1) is 17.4 Å². The van der Waals surface area contributed by atoms with E-state index >= 15 is 0 Å². The Bertz CT molecular complexity index is 299. The van der Waals surface area contributed by atoms with E-state index in [2.05, 4.69) is 15.6 Å². The first-order valence-electron chi connectivity index (χ1n) is 4.19. The topological polar surface area (TPSA) is 54.0 Å². The van der Waals surface area contributed by atoms with Gasteiger partial charge in [0.25, 0.3) is 5.91 Å². The van der Waals surface area contributed by atoms with Crippen LogP contribution in [-0.2, 0) is 0 Å². The zero-order chi connectivity index (χ0) is 9.68. The van der Waals surface area contributed by atoms with E-state index in [0.717, 1.165) is 5.69 Å². The number of amides is 1. The SMILES string of the molecule is CCNC(=O)c1ccncc1NC. The zero-order valence-corrected chi connectivity index (χ0v) is 7.79. The molecule has 0 aliphatic rings. The van der Waals surface area contributed by atoms with Gasteiger partial charge >= 0.3 is 0 Å². The number of nitrogens with zero attached hydrogens (tertiary/aromatic N) is 1. The van der Waals surface area contributed by atoms with E-state index in [1.54, 1.807) is 25.5 Å². The maximum Gasteiger partial charge on any atom is 0.253 e. The summed E-state index contributed by atoms with van der Waals surface area (Å²) in [7, 11) is 1.76. The molecule has 0 spiro atoms. The van der Waals surface area contributed by atoms with Crippen LogP contribution in [0, 0.1) is 0 Å². The van der Waals surface area contributed by atoms with Crippen LogP contribution in [0.15, 0.2) is 18.5 Å². The molecule has 0 bridgehead atoms. The Morgan fingerprint density at radius 2 is 2.38 bits per heavy atom. The van der Waals surface area contributed by atoms with Gasteiger partial charge in [-0.1, -0.05) is 0 Å². The van der Waals surface area contributed by atoms with Gasteiger partial charge in [-0.05, 0) is 13.0 Å². The van der Waals surface area contributed by atoms with Crippen LogP contribution in [0.4, 0.5) is 5.69 Å². The highest BCUT2D eigenvalue weighted by Gasteiger charge is 2.08. The molecule has 4 heteroatoms. The van der Waals surface area contributed by atoms with Crippen molar-refractivity contribution in [1.29, 1.82) is 0 Å². The third-order valence-corrected chi connectivity index (χ3v) is 1.67. The lowest BCUT2D eigenvalue weighted by Gasteiger charge is -2.06. The zero-order valence-electron chi connectivity index (χ0n) is 7.79. The van der Waals surface area contributed by atoms with E-state index in [4.69, 9.17) is 0 Å². The molecule has 1 aromatic heterocycles. The van der Waals surface area contributed by atoms with Gasteiger partial charge in [0, 0.05) is 19.8 Å². The normalized spacial score (nSPS) is 9.38. The Kier molecular flexibility index (Phi) is 3.25. The van der Waals surface area contributed by atoms with E-state index in [1.807, 2.05) is 6.92 Å². The van der Waals surface area contributed by atoms with E-state index in [1.165, 1.54) is 0 Å². The van der Waals surface area contributed by atoms with Crippen molar-refractivity contribution in [2.24, 2.45) is 0 Å². The molecule has 0 fully saturated rings. The molecule has 0 saturated carbocycles. The van der Waals surface area contributed by atoms with Crippen LogP contribution >= 0.6 is 0 Å². The molecule has 1 rings (SSSR count). The second-order valence-electron chi connectivity index (χ2n) is 2.53. The number of aromatic nitrogens is 1. The fourth-order valence-electron chi connectivity index (χ4n) is 1.05. The molecule has 1 amide bonds. The highest BCUT2D eigenvalue weighted by atomic mass is 16.1. The van der Waals surface area contributed by atoms with E-state index < -0.39 is 0 Å². The number of carbonyl (C=O) groups excluding carboxylic acids is 1. The molecule has 0 aliphatic carbocycles. The molecular weight excluding hydrogens is 166 g/mol. The van der Waals surface area contributed by atoms with Crippen molar-refractivity contribution in [3.8, 4) is 0 Å². The smallest absolute Gasteiger partial charge is 0.253 e. The first-order valence-corrected chi connectivity index (χ1v) is 4.19. The van der Waals surface area contributed by atoms with Gasteiger partial charge in [0.1, 0.15) is 0 Å². The summed E-state index contributed by atoms with van der Waals surface area (Å²) >= 11 is 0. The van der Waals surface area contributed by atoms with Crippen LogP contribution in [0.2, 0.25) is 0 Å². The van der Waals surface area contributed by atoms with Crippen LogP contribution in [0.1, 0.15) is 17.3 Å². The number of anilines is 1. The second kappa shape index (κ2) is 4.45. The average Bonchev–Trinajstić information content (AvgIpc) is 2.18. The minimum Gasteiger partial charge on any atom is -0.386 e. The van der Waals surface area contributed by atoms with Gasteiger partial charge in [-0.25, -0.2) is 0 Å². The number of pyridine rings is 1. The van der Waals surface area contributed by atoms with E-state index in [9.17, 15) is 4.79 Å². The monoisotopic (exact) mass is 179 g/mol. The molecule has 0 radical (unpaired) electrons. The molecule has 0 atom stereocenters. The third-order valence-electron chi connectivity index (χ3n) is 1.67. The van der Waals surface area contributed by atoms with Crippen LogP contribution in [0.3, 0.4) is 0 Å². The van der Waals surface area contributed by atoms with E-state index in [0.29, 0.717) is 12.1 Å². The Morgan fingerprint density at radius 3 is 3.00 bits per heavy atom. The lowest BCUT2D eigenvalue weighted by molar-refractivity contribution is 0.0956. The summed E-state index contributed by atoms with van der Waals surface area (Å²) in [6.07, 6.45) is 3.23. The summed E-state index contributed by atoms with van der Waals surface area (Å²) in [6.45, 7) is 2.52. The fraction of sp³-hybridized carbons (Fsp3) is 0.333. The molecule has 2 N–H and O–H groups in total. The van der Waals surface area contributed by atoms with Crippen molar-refractivity contribution in [3.63, 3.8) is 0 Å². The predicted octanol–water partition coefficient (Wildman–Crippen LogP) is 0.873. The minimum absolute atomic E-state index is 0.0748. The van der Waals surface area contributed by atoms with Gasteiger partial charge < -0.3 is 10.6 Å². The van der Waals surface area contributed by atoms with Crippen molar-refractivity contribution < 1.29 is 4.79 Å². The summed E-state index contributed by atoms with van der Waals surface area (Å²) in [6, 6.07) is 1.69. The quantitative estimate of drug-likeness (QED) is 0.724. The fourth-order valence-corrected chi connectivity index (χ4v) is 1.05. The molecule has 0 saturated heterocycles. The predicted molar refractivity (Wildman–Crippen MR) is 51.8 cm³/mol. The molecule has 1 aromatic rings. The molecular formula is C9H13N3O. The highest BCUT2D eigenvalue weighted by molar-refractivity contribution is 5.99. The number of nitrogens with one attached hydrogen (secondary N) is 2. The first-order chi connectivity index (χ1) is 6.29. The molecule has 0 aliphatic heterocycles. The summed E-state index contributed by atoms with van der Waals surface area (Å²) in [5, 5.41) is 5.64. The highest BCUT2D eigenvalue weighted by Crippen LogP contribution is 2.11. The molecule has 0 aromatic carbocycles. The Labute approximate surface area is 77.4 Å². The van der Waals surface area contributed by atoms with Gasteiger partial charge in [0.2, 0.25) is 0 Å². The van der Waals surface area contributed by atoms with Crippen LogP contribution < -0.4 is 10.6 Å². The minimum atomic E-state index is -0.0748. The summed E-state index contributed by atoms with van der Waals surface area (Å²) < 4.78 is 0. The summed E-state index contributed by atoms with van der Waals surface area (Å²) in [5.74, 6) is -0.0748. The van der Waals surface area contributed by atoms with Crippen LogP contribution in [0.5, 0.6) is 0 Å². The largest absolute Gasteiger partial charge is 0.386 e. The second-order valence-corrected chi connectivity index (χ2v) is 2.53. The van der Waals surface area contributed by atoms with Crippen molar-refractivity contribution in [2.75, 3.05) is 18.9 Å². The Balaban J connectivity index is 2.92. The molecule has 4 nitrogen and oxygen atoms in total. The lowest BCUT2D eigenvalue weighted by Crippen LogP contribution is -2.23. The van der Waals surface area contributed by atoms with Gasteiger partial charge in [-0.15, -0.1) is 0 Å². The number of rotatable bonds is 3. The maximum atomic E-state index is 11.4. The third kappa shape index (κ3) is 2.18. The van der Waals surface area contributed by atoms with E-state index in [-0.39, 0.29) is 5.91 Å². The number of hydrogen-bond donors (Lipinski definition) is 2.